The van der Waals surface area contributed by atoms with E-state index in [0.717, 1.165) is 32.7 Å². The third-order valence-corrected chi connectivity index (χ3v) is 3.83. The van der Waals surface area contributed by atoms with Crippen molar-refractivity contribution in [2.75, 3.05) is 39.3 Å². The fourth-order valence-electron chi connectivity index (χ4n) is 2.49. The molecule has 0 radical (unpaired) electrons. The van der Waals surface area contributed by atoms with Crippen LogP contribution in [0.15, 0.2) is 24.5 Å². The number of aromatic nitrogens is 1. The quantitative estimate of drug-likeness (QED) is 0.866. The highest BCUT2D eigenvalue weighted by Crippen LogP contribution is 2.06. The number of piperazine rings is 1. The number of nitrogens with zero attached hydrogens (tertiary/aromatic N) is 3. The molecular weight excluding hydrogens is 280 g/mol. The van der Waals surface area contributed by atoms with Gasteiger partial charge in [-0.25, -0.2) is 0 Å². The third kappa shape index (κ3) is 4.53. The lowest BCUT2D eigenvalue weighted by Gasteiger charge is -2.35. The smallest absolute Gasteiger partial charge is 0.251 e. The maximum atomic E-state index is 11.9. The van der Waals surface area contributed by atoms with Crippen LogP contribution < -0.4 is 5.32 Å². The molecule has 0 unspecified atom stereocenters. The van der Waals surface area contributed by atoms with Crippen LogP contribution in [0.4, 0.5) is 0 Å². The summed E-state index contributed by atoms with van der Waals surface area (Å²) in [6, 6.07) is 3.40. The van der Waals surface area contributed by atoms with Gasteiger partial charge >= 0.3 is 0 Å². The highest BCUT2D eigenvalue weighted by Gasteiger charge is 2.22. The molecule has 1 fully saturated rings. The zero-order valence-corrected chi connectivity index (χ0v) is 13.3. The molecule has 1 aliphatic rings. The summed E-state index contributed by atoms with van der Waals surface area (Å²) >= 11 is 0. The Bertz CT molecular complexity index is 496. The first-order valence-corrected chi connectivity index (χ1v) is 7.77. The molecule has 120 valence electrons. The second-order valence-corrected chi connectivity index (χ2v) is 5.81. The summed E-state index contributed by atoms with van der Waals surface area (Å²) in [4.78, 5) is 31.9. The first-order chi connectivity index (χ1) is 10.6. The zero-order chi connectivity index (χ0) is 15.9. The molecule has 0 spiro atoms. The molecule has 6 heteroatoms. The minimum absolute atomic E-state index is 0.0613. The maximum absolute atomic E-state index is 11.9. The Labute approximate surface area is 131 Å². The van der Waals surface area contributed by atoms with E-state index in [1.54, 1.807) is 24.5 Å². The Kier molecular flexibility index (Phi) is 5.89. The Morgan fingerprint density at radius 1 is 1.18 bits per heavy atom. The van der Waals surface area contributed by atoms with Gasteiger partial charge in [0.2, 0.25) is 5.91 Å². The molecular formula is C16H24N4O2. The third-order valence-electron chi connectivity index (χ3n) is 3.83. The van der Waals surface area contributed by atoms with Gasteiger partial charge in [-0.15, -0.1) is 0 Å². The van der Waals surface area contributed by atoms with E-state index in [4.69, 9.17) is 0 Å². The van der Waals surface area contributed by atoms with Crippen LogP contribution in [0.5, 0.6) is 0 Å². The summed E-state index contributed by atoms with van der Waals surface area (Å²) < 4.78 is 0. The van der Waals surface area contributed by atoms with E-state index in [0.29, 0.717) is 12.1 Å². The van der Waals surface area contributed by atoms with E-state index in [1.165, 1.54) is 0 Å². The molecule has 2 amide bonds. The largest absolute Gasteiger partial charge is 0.351 e. The van der Waals surface area contributed by atoms with Gasteiger partial charge in [0.05, 0.1) is 0 Å². The van der Waals surface area contributed by atoms with Crippen LogP contribution in [0.1, 0.15) is 24.2 Å². The highest BCUT2D eigenvalue weighted by molar-refractivity contribution is 5.93. The van der Waals surface area contributed by atoms with Crippen molar-refractivity contribution in [2.24, 2.45) is 5.92 Å². The second-order valence-electron chi connectivity index (χ2n) is 5.81. The van der Waals surface area contributed by atoms with Crippen molar-refractivity contribution < 1.29 is 9.59 Å². The summed E-state index contributed by atoms with van der Waals surface area (Å²) in [5, 5.41) is 2.91. The Morgan fingerprint density at radius 2 is 1.82 bits per heavy atom. The topological polar surface area (TPSA) is 65.5 Å². The lowest BCUT2D eigenvalue weighted by molar-refractivity contribution is -0.136. The van der Waals surface area contributed by atoms with E-state index in [-0.39, 0.29) is 17.7 Å². The number of hydrogen-bond donors (Lipinski definition) is 1. The van der Waals surface area contributed by atoms with E-state index in [9.17, 15) is 9.59 Å². The van der Waals surface area contributed by atoms with Crippen LogP contribution in [-0.2, 0) is 4.79 Å². The van der Waals surface area contributed by atoms with Gasteiger partial charge in [-0.05, 0) is 12.1 Å². The molecule has 1 aliphatic heterocycles. The summed E-state index contributed by atoms with van der Waals surface area (Å²) in [5.74, 6) is 0.216. The molecule has 0 bridgehead atoms. The predicted octanol–water partition coefficient (Wildman–Crippen LogP) is 0.612. The zero-order valence-electron chi connectivity index (χ0n) is 13.3. The number of carbonyl (C=O) groups is 2. The Balaban J connectivity index is 1.67. The summed E-state index contributed by atoms with van der Waals surface area (Å²) in [6.07, 6.45) is 3.22. The number of carbonyl (C=O) groups excluding carboxylic acids is 2. The molecule has 0 saturated carbocycles. The number of rotatable bonds is 5. The van der Waals surface area contributed by atoms with E-state index < -0.39 is 0 Å². The normalized spacial score (nSPS) is 15.9. The number of pyridine rings is 1. The van der Waals surface area contributed by atoms with Gasteiger partial charge in [-0.1, -0.05) is 13.8 Å². The van der Waals surface area contributed by atoms with E-state index >= 15 is 0 Å². The minimum Gasteiger partial charge on any atom is -0.351 e. The van der Waals surface area contributed by atoms with Crippen molar-refractivity contribution in [1.29, 1.82) is 0 Å². The lowest BCUT2D eigenvalue weighted by Crippen LogP contribution is -2.51. The average Bonchev–Trinajstić information content (AvgIpc) is 2.55. The first kappa shape index (κ1) is 16.4. The monoisotopic (exact) mass is 304 g/mol. The minimum atomic E-state index is -0.0731. The standard InChI is InChI=1S/C16H24N4O2/c1-13(2)16(22)20-11-9-19(10-12-20)8-7-18-15(21)14-3-5-17-6-4-14/h3-6,13H,7-12H2,1-2H3,(H,18,21). The van der Waals surface area contributed by atoms with Gasteiger partial charge in [0.15, 0.2) is 0 Å². The van der Waals surface area contributed by atoms with Crippen LogP contribution >= 0.6 is 0 Å². The van der Waals surface area contributed by atoms with Crippen molar-refractivity contribution in [3.63, 3.8) is 0 Å². The van der Waals surface area contributed by atoms with Gasteiger partial charge in [0, 0.05) is 63.1 Å². The molecule has 2 heterocycles. The number of nitrogens with one attached hydrogen (secondary N) is 1. The molecule has 1 N–H and O–H groups in total. The van der Waals surface area contributed by atoms with Crippen LogP contribution in [0.2, 0.25) is 0 Å². The maximum Gasteiger partial charge on any atom is 0.251 e. The Morgan fingerprint density at radius 3 is 2.41 bits per heavy atom. The van der Waals surface area contributed by atoms with Gasteiger partial charge in [-0.3, -0.25) is 19.5 Å². The molecule has 0 aliphatic carbocycles. The van der Waals surface area contributed by atoms with Crippen molar-refractivity contribution in [1.82, 2.24) is 20.1 Å². The molecule has 1 aromatic heterocycles. The molecule has 1 saturated heterocycles. The predicted molar refractivity (Wildman–Crippen MR) is 84.4 cm³/mol. The van der Waals surface area contributed by atoms with Gasteiger partial charge in [0.1, 0.15) is 0 Å². The average molecular weight is 304 g/mol. The molecule has 0 aromatic carbocycles. The van der Waals surface area contributed by atoms with Crippen molar-refractivity contribution in [2.45, 2.75) is 13.8 Å². The van der Waals surface area contributed by atoms with E-state index in [1.807, 2.05) is 18.7 Å². The van der Waals surface area contributed by atoms with Crippen LogP contribution in [0.25, 0.3) is 0 Å². The summed E-state index contributed by atoms with van der Waals surface area (Å²) in [5.41, 5.74) is 0.627. The fraction of sp³-hybridized carbons (Fsp3) is 0.562. The SMILES string of the molecule is CC(C)C(=O)N1CCN(CCNC(=O)c2ccncc2)CC1. The van der Waals surface area contributed by atoms with Gasteiger partial charge < -0.3 is 10.2 Å². The molecule has 0 atom stereocenters. The Hall–Kier alpha value is -1.95. The van der Waals surface area contributed by atoms with Crippen molar-refractivity contribution in [3.05, 3.63) is 30.1 Å². The van der Waals surface area contributed by atoms with Crippen LogP contribution in [0, 0.1) is 5.92 Å². The molecule has 2 rings (SSSR count). The molecule has 22 heavy (non-hydrogen) atoms. The number of hydrogen-bond acceptors (Lipinski definition) is 4. The molecule has 6 nitrogen and oxygen atoms in total. The van der Waals surface area contributed by atoms with Gasteiger partial charge in [0.25, 0.3) is 5.91 Å². The fourth-order valence-corrected chi connectivity index (χ4v) is 2.49. The van der Waals surface area contributed by atoms with Crippen LogP contribution in [0.3, 0.4) is 0 Å². The number of amides is 2. The second kappa shape index (κ2) is 7.89. The summed E-state index contributed by atoms with van der Waals surface area (Å²) in [7, 11) is 0. The lowest BCUT2D eigenvalue weighted by atomic mass is 10.1. The summed E-state index contributed by atoms with van der Waals surface area (Å²) in [6.45, 7) is 8.56. The van der Waals surface area contributed by atoms with E-state index in [2.05, 4.69) is 15.2 Å². The van der Waals surface area contributed by atoms with Crippen LogP contribution in [-0.4, -0.2) is 65.9 Å². The highest BCUT2D eigenvalue weighted by atomic mass is 16.2. The van der Waals surface area contributed by atoms with Crippen molar-refractivity contribution in [3.8, 4) is 0 Å². The first-order valence-electron chi connectivity index (χ1n) is 7.77. The van der Waals surface area contributed by atoms with Gasteiger partial charge in [-0.2, -0.15) is 0 Å². The van der Waals surface area contributed by atoms with Crippen molar-refractivity contribution >= 4 is 11.8 Å². The molecule has 1 aromatic rings.